The Kier molecular flexibility index (Phi) is 6.22. The Labute approximate surface area is 148 Å². The molecular formula is C18H14F2N2O4. The van der Waals surface area contributed by atoms with E-state index in [1.165, 1.54) is 43.3 Å². The molecule has 0 heterocycles. The van der Waals surface area contributed by atoms with Crippen LogP contribution < -0.4 is 10.1 Å². The number of hydrogen-bond donors (Lipinski definition) is 1. The number of alkyl halides is 2. The Morgan fingerprint density at radius 1 is 1.12 bits per heavy atom. The molecule has 0 saturated carbocycles. The number of nitrogens with zero attached hydrogens (tertiary/aromatic N) is 1. The molecule has 0 aliphatic rings. The van der Waals surface area contributed by atoms with Crippen molar-refractivity contribution in [3.8, 4) is 11.8 Å². The van der Waals surface area contributed by atoms with Crippen LogP contribution in [0.1, 0.15) is 22.8 Å². The van der Waals surface area contributed by atoms with Crippen molar-refractivity contribution in [1.82, 2.24) is 0 Å². The average Bonchev–Trinajstić information content (AvgIpc) is 2.62. The van der Waals surface area contributed by atoms with Crippen molar-refractivity contribution >= 4 is 17.6 Å². The van der Waals surface area contributed by atoms with E-state index >= 15 is 0 Å². The van der Waals surface area contributed by atoms with Crippen molar-refractivity contribution in [2.24, 2.45) is 0 Å². The highest BCUT2D eigenvalue weighted by Gasteiger charge is 2.23. The summed E-state index contributed by atoms with van der Waals surface area (Å²) in [5, 5.41) is 11.5. The summed E-state index contributed by atoms with van der Waals surface area (Å²) in [6.45, 7) is -1.79. The monoisotopic (exact) mass is 360 g/mol. The van der Waals surface area contributed by atoms with Crippen LogP contribution >= 0.6 is 0 Å². The number of para-hydroxylation sites is 2. The first kappa shape index (κ1) is 18.9. The largest absolute Gasteiger partial charge is 0.449 e. The van der Waals surface area contributed by atoms with Gasteiger partial charge in [0.05, 0.1) is 11.3 Å². The van der Waals surface area contributed by atoms with E-state index in [1.807, 2.05) is 6.07 Å². The van der Waals surface area contributed by atoms with E-state index in [2.05, 4.69) is 10.1 Å². The second kappa shape index (κ2) is 8.58. The molecule has 134 valence electrons. The highest BCUT2D eigenvalue weighted by Crippen LogP contribution is 2.22. The number of nitrogens with one attached hydrogen (secondary N) is 1. The van der Waals surface area contributed by atoms with Gasteiger partial charge in [-0.25, -0.2) is 4.79 Å². The highest BCUT2D eigenvalue weighted by molar-refractivity contribution is 5.98. The summed E-state index contributed by atoms with van der Waals surface area (Å²) >= 11 is 0. The number of nitriles is 1. The molecule has 0 aromatic heterocycles. The minimum atomic E-state index is -3.10. The van der Waals surface area contributed by atoms with Gasteiger partial charge in [-0.3, -0.25) is 4.79 Å². The Hall–Kier alpha value is -3.47. The molecule has 0 aliphatic heterocycles. The summed E-state index contributed by atoms with van der Waals surface area (Å²) in [6, 6.07) is 13.5. The minimum Gasteiger partial charge on any atom is -0.449 e. The summed E-state index contributed by atoms with van der Waals surface area (Å²) in [6.07, 6.45) is -1.23. The van der Waals surface area contributed by atoms with E-state index in [-0.39, 0.29) is 22.6 Å². The number of halogens is 2. The van der Waals surface area contributed by atoms with Crippen molar-refractivity contribution < 1.29 is 27.8 Å². The van der Waals surface area contributed by atoms with Crippen LogP contribution in [0.4, 0.5) is 14.5 Å². The standard InChI is InChI=1S/C18H14F2N2O4/c1-11(16(23)22-14-8-4-2-6-12(14)10-21)25-17(24)13-7-3-5-9-15(13)26-18(19)20/h2-9,11,18H,1H3,(H,22,23)/t11-/m0/s1. The van der Waals surface area contributed by atoms with E-state index in [0.717, 1.165) is 0 Å². The van der Waals surface area contributed by atoms with Gasteiger partial charge < -0.3 is 14.8 Å². The number of esters is 1. The van der Waals surface area contributed by atoms with Gasteiger partial charge in [0.2, 0.25) is 0 Å². The molecule has 1 atom stereocenters. The Bertz CT molecular complexity index is 849. The molecule has 0 aliphatic carbocycles. The highest BCUT2D eigenvalue weighted by atomic mass is 19.3. The maximum absolute atomic E-state index is 12.4. The normalized spacial score (nSPS) is 11.3. The number of amides is 1. The Morgan fingerprint density at radius 3 is 2.46 bits per heavy atom. The van der Waals surface area contributed by atoms with Crippen molar-refractivity contribution in [2.45, 2.75) is 19.6 Å². The van der Waals surface area contributed by atoms with Gasteiger partial charge in [-0.15, -0.1) is 0 Å². The molecule has 0 fully saturated rings. The first-order chi connectivity index (χ1) is 12.4. The summed E-state index contributed by atoms with van der Waals surface area (Å²) in [7, 11) is 0. The summed E-state index contributed by atoms with van der Waals surface area (Å²) in [5.74, 6) is -2.01. The maximum atomic E-state index is 12.4. The minimum absolute atomic E-state index is 0.232. The first-order valence-electron chi connectivity index (χ1n) is 7.47. The quantitative estimate of drug-likeness (QED) is 0.798. The Balaban J connectivity index is 2.07. The summed E-state index contributed by atoms with van der Waals surface area (Å²) < 4.78 is 34.1. The SMILES string of the molecule is C[C@H](OC(=O)c1ccccc1OC(F)F)C(=O)Nc1ccccc1C#N. The molecule has 0 bridgehead atoms. The van der Waals surface area contributed by atoms with Crippen LogP contribution in [-0.2, 0) is 9.53 Å². The van der Waals surface area contributed by atoms with E-state index in [0.29, 0.717) is 0 Å². The van der Waals surface area contributed by atoms with Crippen LogP contribution in [0, 0.1) is 11.3 Å². The maximum Gasteiger partial charge on any atom is 0.387 e. The molecule has 0 unspecified atom stereocenters. The van der Waals surface area contributed by atoms with Gasteiger partial charge in [-0.1, -0.05) is 24.3 Å². The number of hydrogen-bond acceptors (Lipinski definition) is 5. The van der Waals surface area contributed by atoms with Crippen molar-refractivity contribution in [1.29, 1.82) is 5.26 Å². The molecule has 6 nitrogen and oxygen atoms in total. The fraction of sp³-hybridized carbons (Fsp3) is 0.167. The van der Waals surface area contributed by atoms with Gasteiger partial charge in [-0.2, -0.15) is 14.0 Å². The third-order valence-corrected chi connectivity index (χ3v) is 3.28. The van der Waals surface area contributed by atoms with Crippen molar-refractivity contribution in [3.63, 3.8) is 0 Å². The second-order valence-corrected chi connectivity index (χ2v) is 5.07. The molecule has 2 aromatic carbocycles. The summed E-state index contributed by atoms with van der Waals surface area (Å²) in [5.41, 5.74) is 0.282. The van der Waals surface area contributed by atoms with Crippen molar-refractivity contribution in [3.05, 3.63) is 59.7 Å². The van der Waals surface area contributed by atoms with Crippen LogP contribution in [-0.4, -0.2) is 24.6 Å². The van der Waals surface area contributed by atoms with Gasteiger partial charge in [0.1, 0.15) is 17.4 Å². The van der Waals surface area contributed by atoms with Gasteiger partial charge >= 0.3 is 12.6 Å². The molecule has 1 N–H and O–H groups in total. The third-order valence-electron chi connectivity index (χ3n) is 3.28. The lowest BCUT2D eigenvalue weighted by Gasteiger charge is -2.15. The molecule has 0 radical (unpaired) electrons. The molecule has 1 amide bonds. The topological polar surface area (TPSA) is 88.4 Å². The predicted molar refractivity (Wildman–Crippen MR) is 87.7 cm³/mol. The molecule has 0 spiro atoms. The fourth-order valence-electron chi connectivity index (χ4n) is 2.04. The number of carbonyl (C=O) groups excluding carboxylic acids is 2. The molecule has 26 heavy (non-hydrogen) atoms. The number of benzene rings is 2. The van der Waals surface area contributed by atoms with E-state index < -0.39 is 24.6 Å². The van der Waals surface area contributed by atoms with Crippen molar-refractivity contribution in [2.75, 3.05) is 5.32 Å². The van der Waals surface area contributed by atoms with Crippen LogP contribution in [0.5, 0.6) is 5.75 Å². The molecule has 8 heteroatoms. The third kappa shape index (κ3) is 4.77. The van der Waals surface area contributed by atoms with Crippen LogP contribution in [0.3, 0.4) is 0 Å². The van der Waals surface area contributed by atoms with Gasteiger partial charge in [0, 0.05) is 0 Å². The number of rotatable bonds is 6. The zero-order valence-electron chi connectivity index (χ0n) is 13.6. The number of carbonyl (C=O) groups is 2. The Morgan fingerprint density at radius 2 is 1.77 bits per heavy atom. The second-order valence-electron chi connectivity index (χ2n) is 5.07. The predicted octanol–water partition coefficient (Wildman–Crippen LogP) is 3.34. The summed E-state index contributed by atoms with van der Waals surface area (Å²) in [4.78, 5) is 24.3. The average molecular weight is 360 g/mol. The smallest absolute Gasteiger partial charge is 0.387 e. The van der Waals surface area contributed by atoms with E-state index in [1.54, 1.807) is 12.1 Å². The zero-order chi connectivity index (χ0) is 19.1. The van der Waals surface area contributed by atoms with Crippen LogP contribution in [0.2, 0.25) is 0 Å². The first-order valence-corrected chi connectivity index (χ1v) is 7.47. The molecule has 0 saturated heterocycles. The van der Waals surface area contributed by atoms with Crippen LogP contribution in [0.15, 0.2) is 48.5 Å². The van der Waals surface area contributed by atoms with E-state index in [4.69, 9.17) is 10.00 Å². The van der Waals surface area contributed by atoms with Gasteiger partial charge in [0.25, 0.3) is 5.91 Å². The fourth-order valence-corrected chi connectivity index (χ4v) is 2.04. The zero-order valence-corrected chi connectivity index (χ0v) is 13.6. The molecule has 2 aromatic rings. The lowest BCUT2D eigenvalue weighted by atomic mass is 10.2. The number of anilines is 1. The van der Waals surface area contributed by atoms with E-state index in [9.17, 15) is 18.4 Å². The lowest BCUT2D eigenvalue weighted by Crippen LogP contribution is -2.30. The van der Waals surface area contributed by atoms with Gasteiger partial charge in [0.15, 0.2) is 6.10 Å². The van der Waals surface area contributed by atoms with Gasteiger partial charge in [-0.05, 0) is 31.2 Å². The number of ether oxygens (including phenoxy) is 2. The lowest BCUT2D eigenvalue weighted by molar-refractivity contribution is -0.123. The van der Waals surface area contributed by atoms with Crippen LogP contribution in [0.25, 0.3) is 0 Å². The molecule has 2 rings (SSSR count). The molecular weight excluding hydrogens is 346 g/mol.